The largest absolute Gasteiger partial charge is 0.411 e. The molecule has 3 amide bonds. The van der Waals surface area contributed by atoms with E-state index in [4.69, 9.17) is 9.94 Å². The van der Waals surface area contributed by atoms with E-state index in [1.54, 1.807) is 7.11 Å². The predicted octanol–water partition coefficient (Wildman–Crippen LogP) is 2.96. The third-order valence-corrected chi connectivity index (χ3v) is 11.5. The van der Waals surface area contributed by atoms with Gasteiger partial charge in [-0.25, -0.2) is 18.2 Å². The second-order valence-electron chi connectivity index (χ2n) is 12.8. The standard InChI is InChI=1S/C35H48N6O8S2/c1-24(42)33(39-35(45)40(2)20-28-23-50-32(37-28)22-49-3)34(44)38-30(17-25-9-5-4-6-10-25)31(43)21-41(19-27-11-7-8-12-27)51(47,48)29-15-13-26(14-16-29)18-36-46/h4-6,9-10,13-16,18,23-24,27,30-31,33,42-43,46H,7-8,11-12,17,19-22H2,1-3H3,(H,38,44)(H,39,45)/b36-18+/t24?,30-,31+,33?/m0/s1. The van der Waals surface area contributed by atoms with Crippen molar-refractivity contribution in [2.45, 2.75) is 81.4 Å². The van der Waals surface area contributed by atoms with E-state index in [-0.39, 0.29) is 36.9 Å². The van der Waals surface area contributed by atoms with Gasteiger partial charge in [-0.05, 0) is 55.4 Å². The van der Waals surface area contributed by atoms with Crippen molar-refractivity contribution in [3.8, 4) is 0 Å². The van der Waals surface area contributed by atoms with Crippen molar-refractivity contribution in [3.05, 3.63) is 81.8 Å². The summed E-state index contributed by atoms with van der Waals surface area (Å²) in [6.45, 7) is 1.75. The first-order valence-electron chi connectivity index (χ1n) is 16.8. The summed E-state index contributed by atoms with van der Waals surface area (Å²) in [6, 6.07) is 12.0. The van der Waals surface area contributed by atoms with Crippen LogP contribution in [0.5, 0.6) is 0 Å². The lowest BCUT2D eigenvalue weighted by atomic mass is 9.99. The van der Waals surface area contributed by atoms with E-state index in [1.165, 1.54) is 65.0 Å². The van der Waals surface area contributed by atoms with E-state index >= 15 is 0 Å². The van der Waals surface area contributed by atoms with Crippen LogP contribution in [0.25, 0.3) is 0 Å². The molecule has 1 saturated carbocycles. The number of hydrogen-bond donors (Lipinski definition) is 5. The predicted molar refractivity (Wildman–Crippen MR) is 193 cm³/mol. The smallest absolute Gasteiger partial charge is 0.318 e. The lowest BCUT2D eigenvalue weighted by Gasteiger charge is -2.32. The average molecular weight is 745 g/mol. The molecule has 1 aliphatic rings. The first-order chi connectivity index (χ1) is 24.4. The number of aromatic nitrogens is 1. The Morgan fingerprint density at radius 3 is 2.41 bits per heavy atom. The van der Waals surface area contributed by atoms with Crippen molar-refractivity contribution in [2.75, 3.05) is 27.2 Å². The van der Waals surface area contributed by atoms with Crippen LogP contribution in [0.15, 0.2) is 70.0 Å². The fourth-order valence-corrected chi connectivity index (χ4v) is 8.32. The number of ether oxygens (including phenoxy) is 1. The van der Waals surface area contributed by atoms with Gasteiger partial charge in [0.2, 0.25) is 15.9 Å². The molecule has 4 atom stereocenters. The molecule has 16 heteroatoms. The van der Waals surface area contributed by atoms with Crippen LogP contribution in [-0.2, 0) is 39.1 Å². The minimum absolute atomic E-state index is 0.0139. The van der Waals surface area contributed by atoms with Gasteiger partial charge in [0.1, 0.15) is 11.0 Å². The Labute approximate surface area is 303 Å². The zero-order valence-electron chi connectivity index (χ0n) is 29.1. The van der Waals surface area contributed by atoms with Crippen LogP contribution >= 0.6 is 11.3 Å². The topological polar surface area (TPSA) is 194 Å². The third kappa shape index (κ3) is 11.5. The van der Waals surface area contributed by atoms with E-state index in [0.717, 1.165) is 36.3 Å². The maximum atomic E-state index is 14.0. The number of methoxy groups -OCH3 is 1. The van der Waals surface area contributed by atoms with Crippen LogP contribution in [0.1, 0.15) is 54.4 Å². The molecular formula is C35H48N6O8S2. The SMILES string of the molecule is COCc1nc(CN(C)C(=O)NC(C(=O)N[C@@H](Cc2ccccc2)[C@H](O)CN(CC2CCCC2)S(=O)(=O)c2ccc(/C=N/O)cc2)C(C)O)cs1. The lowest BCUT2D eigenvalue weighted by molar-refractivity contribution is -0.127. The summed E-state index contributed by atoms with van der Waals surface area (Å²) in [5, 5.41) is 42.2. The van der Waals surface area contributed by atoms with E-state index in [0.29, 0.717) is 17.9 Å². The van der Waals surface area contributed by atoms with Crippen LogP contribution in [0.3, 0.4) is 0 Å². The van der Waals surface area contributed by atoms with Crippen molar-refractivity contribution in [1.82, 2.24) is 24.8 Å². The fraction of sp³-hybridized carbons (Fsp3) is 0.486. The molecule has 4 rings (SSSR count). The molecule has 0 bridgehead atoms. The molecule has 1 fully saturated rings. The lowest BCUT2D eigenvalue weighted by Crippen LogP contribution is -2.59. The number of oxime groups is 1. The van der Waals surface area contributed by atoms with Gasteiger partial charge in [-0.15, -0.1) is 11.3 Å². The highest BCUT2D eigenvalue weighted by atomic mass is 32.2. The first kappa shape index (κ1) is 39.8. The summed E-state index contributed by atoms with van der Waals surface area (Å²) < 4.78 is 34.4. The number of hydrogen-bond acceptors (Lipinski definition) is 11. The van der Waals surface area contributed by atoms with Crippen LogP contribution in [0.2, 0.25) is 0 Å². The molecule has 1 heterocycles. The van der Waals surface area contributed by atoms with Crippen LogP contribution < -0.4 is 10.6 Å². The Bertz CT molecular complexity index is 1680. The van der Waals surface area contributed by atoms with Crippen LogP contribution in [0, 0.1) is 5.92 Å². The van der Waals surface area contributed by atoms with Crippen molar-refractivity contribution in [1.29, 1.82) is 0 Å². The third-order valence-electron chi connectivity index (χ3n) is 8.80. The molecule has 3 aromatic rings. The van der Waals surface area contributed by atoms with Gasteiger partial charge < -0.3 is 35.7 Å². The second kappa shape index (κ2) is 19.1. The normalized spacial score (nSPS) is 16.2. The van der Waals surface area contributed by atoms with Gasteiger partial charge in [0.05, 0.1) is 48.2 Å². The molecule has 0 spiro atoms. The number of carbonyl (C=O) groups excluding carboxylic acids is 2. The van der Waals surface area contributed by atoms with Crippen molar-refractivity contribution in [2.24, 2.45) is 11.1 Å². The Kier molecular flexibility index (Phi) is 14.9. The molecule has 0 saturated heterocycles. The Morgan fingerprint density at radius 2 is 1.78 bits per heavy atom. The summed E-state index contributed by atoms with van der Waals surface area (Å²) >= 11 is 1.40. The quantitative estimate of drug-likeness (QED) is 0.0740. The average Bonchev–Trinajstić information content (AvgIpc) is 3.79. The molecule has 1 aliphatic carbocycles. The highest BCUT2D eigenvalue weighted by molar-refractivity contribution is 7.89. The number of nitrogens with one attached hydrogen (secondary N) is 2. The van der Waals surface area contributed by atoms with Gasteiger partial charge in [-0.2, -0.15) is 4.31 Å². The van der Waals surface area contributed by atoms with Gasteiger partial charge in [0.25, 0.3) is 0 Å². The van der Waals surface area contributed by atoms with Gasteiger partial charge in [0.15, 0.2) is 0 Å². The summed E-state index contributed by atoms with van der Waals surface area (Å²) in [7, 11) is -0.988. The molecule has 278 valence electrons. The number of urea groups is 1. The number of rotatable bonds is 18. The molecule has 2 aromatic carbocycles. The zero-order chi connectivity index (χ0) is 37.0. The number of benzene rings is 2. The van der Waals surface area contributed by atoms with Crippen LogP contribution in [0.4, 0.5) is 4.79 Å². The van der Waals surface area contributed by atoms with Crippen molar-refractivity contribution >= 4 is 39.5 Å². The van der Waals surface area contributed by atoms with E-state index in [9.17, 15) is 28.2 Å². The Hall–Kier alpha value is -3.93. The number of amides is 3. The van der Waals surface area contributed by atoms with Gasteiger partial charge in [-0.3, -0.25) is 4.79 Å². The molecule has 5 N–H and O–H groups in total. The number of aliphatic hydroxyl groups excluding tert-OH is 2. The van der Waals surface area contributed by atoms with E-state index in [1.807, 2.05) is 35.7 Å². The molecule has 14 nitrogen and oxygen atoms in total. The van der Waals surface area contributed by atoms with Crippen molar-refractivity contribution in [3.63, 3.8) is 0 Å². The summed E-state index contributed by atoms with van der Waals surface area (Å²) in [5.41, 5.74) is 1.93. The summed E-state index contributed by atoms with van der Waals surface area (Å²) in [5.74, 6) is -0.633. The molecular weight excluding hydrogens is 697 g/mol. The van der Waals surface area contributed by atoms with Gasteiger partial charge in [-0.1, -0.05) is 60.5 Å². The number of sulfonamides is 1. The maximum Gasteiger partial charge on any atom is 0.318 e. The molecule has 51 heavy (non-hydrogen) atoms. The Balaban J connectivity index is 1.54. The van der Waals surface area contributed by atoms with Gasteiger partial charge >= 0.3 is 6.03 Å². The minimum atomic E-state index is -4.09. The molecule has 0 radical (unpaired) electrons. The van der Waals surface area contributed by atoms with Crippen LogP contribution in [-0.4, -0.2) is 108 Å². The highest BCUT2D eigenvalue weighted by Gasteiger charge is 2.35. The highest BCUT2D eigenvalue weighted by Crippen LogP contribution is 2.28. The van der Waals surface area contributed by atoms with Gasteiger partial charge in [0, 0.05) is 32.6 Å². The molecule has 0 aliphatic heterocycles. The molecule has 2 unspecified atom stereocenters. The van der Waals surface area contributed by atoms with E-state index < -0.39 is 46.3 Å². The first-order valence-corrected chi connectivity index (χ1v) is 19.1. The number of carbonyl (C=O) groups is 2. The molecule has 1 aromatic heterocycles. The summed E-state index contributed by atoms with van der Waals surface area (Å²) in [4.78, 5) is 32.7. The monoisotopic (exact) mass is 744 g/mol. The van der Waals surface area contributed by atoms with E-state index in [2.05, 4.69) is 20.8 Å². The number of thiazole rings is 1. The minimum Gasteiger partial charge on any atom is -0.411 e. The Morgan fingerprint density at radius 1 is 1.10 bits per heavy atom. The number of nitrogens with zero attached hydrogens (tertiary/aromatic N) is 4. The zero-order valence-corrected chi connectivity index (χ0v) is 30.7. The van der Waals surface area contributed by atoms with Crippen molar-refractivity contribution < 1.29 is 38.2 Å². The second-order valence-corrected chi connectivity index (χ2v) is 15.7. The fourth-order valence-electron chi connectivity index (χ4n) is 6.03. The number of aliphatic hydroxyl groups is 2. The maximum absolute atomic E-state index is 14.0. The summed E-state index contributed by atoms with van der Waals surface area (Å²) in [6.07, 6.45) is 2.36.